The van der Waals surface area contributed by atoms with E-state index in [0.717, 1.165) is 0 Å². The van der Waals surface area contributed by atoms with E-state index < -0.39 is 0 Å². The van der Waals surface area contributed by atoms with Gasteiger partial charge in [0.25, 0.3) is 0 Å². The zero-order valence-corrected chi connectivity index (χ0v) is 11.7. The van der Waals surface area contributed by atoms with Gasteiger partial charge >= 0.3 is 23.9 Å². The maximum atomic E-state index is 2.89. The van der Waals surface area contributed by atoms with Crippen molar-refractivity contribution in [3.63, 3.8) is 0 Å². The molecule has 0 saturated carbocycles. The number of rotatable bonds is 0. The third-order valence-electron chi connectivity index (χ3n) is 1.21. The van der Waals surface area contributed by atoms with Gasteiger partial charge in [0.2, 0.25) is 0 Å². The second-order valence-electron chi connectivity index (χ2n) is 2.15. The van der Waals surface area contributed by atoms with E-state index >= 15 is 0 Å². The van der Waals surface area contributed by atoms with E-state index in [1.807, 2.05) is 60.7 Å². The van der Waals surface area contributed by atoms with Crippen molar-refractivity contribution in [2.45, 2.75) is 0 Å². The van der Waals surface area contributed by atoms with Crippen LogP contribution >= 0.6 is 0 Å². The molecule has 0 amide bonds. The number of benzene rings is 2. The molecule has 15 heavy (non-hydrogen) atoms. The smallest absolute Gasteiger partial charge is 1.00 e. The predicted molar refractivity (Wildman–Crippen MR) is 58.2 cm³/mol. The molecule has 0 aliphatic heterocycles. The van der Waals surface area contributed by atoms with Gasteiger partial charge in [0.15, 0.2) is 0 Å². The van der Waals surface area contributed by atoms with Crippen molar-refractivity contribution in [2.24, 2.45) is 0 Å². The fourth-order valence-electron chi connectivity index (χ4n) is 0.684. The zero-order valence-electron chi connectivity index (χ0n) is 8.10. The van der Waals surface area contributed by atoms with E-state index in [1.165, 1.54) is 0 Å². The van der Waals surface area contributed by atoms with Crippen LogP contribution in [0.5, 0.6) is 0 Å². The molecular weight excluding hydrogens is 314 g/mol. The quantitative estimate of drug-likeness (QED) is 0.596. The average Bonchev–Trinajstić information content (AvgIpc) is 2.24. The summed E-state index contributed by atoms with van der Waals surface area (Å²) in [6.45, 7) is 0. The van der Waals surface area contributed by atoms with Gasteiger partial charge in [-0.2, -0.15) is 0 Å². The van der Waals surface area contributed by atoms with Crippen molar-refractivity contribution >= 4 is 23.9 Å². The van der Waals surface area contributed by atoms with Crippen LogP contribution in [-0.2, 0) is 0 Å². The zero-order chi connectivity index (χ0) is 8.49. The standard InChI is InChI=1S/2C6H5.ClH.H2O.Sn/c2*1-2-4-6-5-3-1;;;/h2*1-5H;1H;1H2;/q;;;;+2/p-2. The first-order chi connectivity index (χ1) is 6.00. The van der Waals surface area contributed by atoms with Gasteiger partial charge < -0.3 is 17.9 Å². The molecule has 0 spiro atoms. The van der Waals surface area contributed by atoms with Gasteiger partial charge in [-0.1, -0.05) is 60.7 Å². The minimum absolute atomic E-state index is 0. The Hall–Kier alpha value is -0.511. The molecule has 1 N–H and O–H groups in total. The number of hydrogen-bond donors (Lipinski definition) is 0. The first-order valence-electron chi connectivity index (χ1n) is 3.82. The minimum Gasteiger partial charge on any atom is -1.00 e. The summed E-state index contributed by atoms with van der Waals surface area (Å²) in [5.74, 6) is 0. The van der Waals surface area contributed by atoms with Crippen molar-refractivity contribution in [2.75, 3.05) is 0 Å². The Morgan fingerprint density at radius 2 is 0.800 bits per heavy atom. The molecule has 0 aromatic heterocycles. The van der Waals surface area contributed by atoms with Crippen LogP contribution in [0.1, 0.15) is 0 Å². The summed E-state index contributed by atoms with van der Waals surface area (Å²) in [5, 5.41) is 0. The van der Waals surface area contributed by atoms with Gasteiger partial charge in [-0.05, 0) is 12.1 Å². The van der Waals surface area contributed by atoms with Gasteiger partial charge in [-0.25, -0.2) is 0 Å². The van der Waals surface area contributed by atoms with Crippen molar-refractivity contribution in [1.82, 2.24) is 0 Å². The largest absolute Gasteiger partial charge is 2.00 e. The average molecular weight is 325 g/mol. The third kappa shape index (κ3) is 13.5. The topological polar surface area (TPSA) is 30.0 Å². The summed E-state index contributed by atoms with van der Waals surface area (Å²) in [5.41, 5.74) is 0. The van der Waals surface area contributed by atoms with E-state index in [0.29, 0.717) is 0 Å². The van der Waals surface area contributed by atoms with Crippen molar-refractivity contribution < 1.29 is 17.9 Å². The van der Waals surface area contributed by atoms with Crippen LogP contribution in [0, 0.1) is 12.1 Å². The molecule has 0 aliphatic carbocycles. The fourth-order valence-corrected chi connectivity index (χ4v) is 0.684. The van der Waals surface area contributed by atoms with Gasteiger partial charge in [0.1, 0.15) is 0 Å². The molecule has 0 aliphatic rings. The Morgan fingerprint density at radius 1 is 0.533 bits per heavy atom. The summed E-state index contributed by atoms with van der Waals surface area (Å²) in [4.78, 5) is 0. The van der Waals surface area contributed by atoms with Crippen LogP contribution in [0.4, 0.5) is 0 Å². The molecule has 0 atom stereocenters. The maximum Gasteiger partial charge on any atom is 2.00 e. The summed E-state index contributed by atoms with van der Waals surface area (Å²) < 4.78 is 0. The van der Waals surface area contributed by atoms with Crippen LogP contribution in [0.15, 0.2) is 60.7 Å². The number of hydrogen-bond acceptors (Lipinski definition) is 1. The van der Waals surface area contributed by atoms with Crippen molar-refractivity contribution in [3.05, 3.63) is 72.8 Å². The molecule has 3 heteroatoms. The van der Waals surface area contributed by atoms with E-state index in [2.05, 4.69) is 12.1 Å². The Bertz CT molecular complexity index is 191. The molecule has 0 saturated heterocycles. The second-order valence-corrected chi connectivity index (χ2v) is 2.15. The predicted octanol–water partition coefficient (Wildman–Crippen LogP) is -0.580. The molecule has 2 aromatic rings. The van der Waals surface area contributed by atoms with Crippen molar-refractivity contribution in [1.29, 1.82) is 0 Å². The molecule has 76 valence electrons. The van der Waals surface area contributed by atoms with Crippen LogP contribution in [-0.4, -0.2) is 29.4 Å². The van der Waals surface area contributed by atoms with Gasteiger partial charge in [-0.3, -0.25) is 0 Å². The second kappa shape index (κ2) is 15.9. The first-order valence-corrected chi connectivity index (χ1v) is 3.82. The summed E-state index contributed by atoms with van der Waals surface area (Å²) in [6, 6.07) is 25.0. The molecule has 0 bridgehead atoms. The van der Waals surface area contributed by atoms with Crippen LogP contribution in [0.2, 0.25) is 0 Å². The first kappa shape index (κ1) is 20.0. The molecular formula is C12H11ClOSn. The summed E-state index contributed by atoms with van der Waals surface area (Å²) in [7, 11) is 0. The monoisotopic (exact) mass is 326 g/mol. The normalized spacial score (nSPS) is 6.40. The summed E-state index contributed by atoms with van der Waals surface area (Å²) >= 11 is 0. The molecule has 1 nitrogen and oxygen atoms in total. The van der Waals surface area contributed by atoms with Gasteiger partial charge in [0.05, 0.1) is 0 Å². The molecule has 4 radical (unpaired) electrons. The van der Waals surface area contributed by atoms with Crippen LogP contribution in [0.3, 0.4) is 0 Å². The molecule has 0 fully saturated rings. The third-order valence-corrected chi connectivity index (χ3v) is 1.21. The van der Waals surface area contributed by atoms with E-state index in [9.17, 15) is 0 Å². The minimum atomic E-state index is 0. The van der Waals surface area contributed by atoms with Gasteiger partial charge in [0, 0.05) is 0 Å². The van der Waals surface area contributed by atoms with Crippen molar-refractivity contribution in [3.8, 4) is 0 Å². The molecule has 0 heterocycles. The van der Waals surface area contributed by atoms with E-state index in [4.69, 9.17) is 0 Å². The van der Waals surface area contributed by atoms with Crippen LogP contribution < -0.4 is 12.4 Å². The number of halogens is 1. The SMILES string of the molecule is [Cl-].[OH-].[Sn+2].[c]1ccccc1.[c]1ccccc1. The molecule has 2 rings (SSSR count). The van der Waals surface area contributed by atoms with E-state index in [-0.39, 0.29) is 41.8 Å². The fraction of sp³-hybridized carbons (Fsp3) is 0. The Balaban J connectivity index is -0.000000160. The Morgan fingerprint density at radius 3 is 0.867 bits per heavy atom. The van der Waals surface area contributed by atoms with Crippen LogP contribution in [0.25, 0.3) is 0 Å². The van der Waals surface area contributed by atoms with Gasteiger partial charge in [-0.15, -0.1) is 0 Å². The molecule has 0 unspecified atom stereocenters. The Kier molecular flexibility index (Phi) is 21.2. The van der Waals surface area contributed by atoms with E-state index in [1.54, 1.807) is 0 Å². The molecule has 2 aromatic carbocycles. The Labute approximate surface area is 114 Å². The summed E-state index contributed by atoms with van der Waals surface area (Å²) in [6.07, 6.45) is 0. The maximum absolute atomic E-state index is 2.89.